The van der Waals surface area contributed by atoms with Crippen molar-refractivity contribution in [2.45, 2.75) is 44.6 Å². The standard InChI is InChI=1S/C23H24N4O6S/c1-13-5-7-15(8-6-13)34(31,32)27-12-14(9-10-24-22(30)33-23(2,3)4)17-19(27)20(28)16-11-25-26-18(16)21(17)29/h5-8,11-12H,9-10H2,1-4H3,(H,24,30)(H,25,26). The molecular weight excluding hydrogens is 460 g/mol. The molecule has 0 aliphatic heterocycles. The van der Waals surface area contributed by atoms with E-state index in [0.29, 0.717) is 5.56 Å². The van der Waals surface area contributed by atoms with Gasteiger partial charge in [-0.05, 0) is 51.8 Å². The summed E-state index contributed by atoms with van der Waals surface area (Å²) < 4.78 is 33.0. The fourth-order valence-corrected chi connectivity index (χ4v) is 5.09. The molecule has 0 saturated carbocycles. The molecule has 0 spiro atoms. The van der Waals surface area contributed by atoms with Crippen LogP contribution in [-0.4, -0.2) is 52.4 Å². The molecule has 0 saturated heterocycles. The summed E-state index contributed by atoms with van der Waals surface area (Å²) in [4.78, 5) is 38.4. The minimum Gasteiger partial charge on any atom is -0.444 e. The molecule has 1 amide bonds. The number of amides is 1. The largest absolute Gasteiger partial charge is 0.444 e. The van der Waals surface area contributed by atoms with Gasteiger partial charge in [0.15, 0.2) is 0 Å². The smallest absolute Gasteiger partial charge is 0.407 e. The van der Waals surface area contributed by atoms with Crippen LogP contribution in [0.25, 0.3) is 0 Å². The van der Waals surface area contributed by atoms with Crippen LogP contribution in [0.15, 0.2) is 41.6 Å². The molecule has 3 aromatic rings. The van der Waals surface area contributed by atoms with Gasteiger partial charge in [0.25, 0.3) is 10.0 Å². The lowest BCUT2D eigenvalue weighted by molar-refractivity contribution is 0.0528. The van der Waals surface area contributed by atoms with Gasteiger partial charge in [0.1, 0.15) is 17.0 Å². The summed E-state index contributed by atoms with van der Waals surface area (Å²) >= 11 is 0. The highest BCUT2D eigenvalue weighted by atomic mass is 32.2. The second-order valence-electron chi connectivity index (χ2n) is 8.99. The van der Waals surface area contributed by atoms with Gasteiger partial charge < -0.3 is 10.1 Å². The summed E-state index contributed by atoms with van der Waals surface area (Å²) in [5.74, 6) is -1.16. The second-order valence-corrected chi connectivity index (χ2v) is 10.8. The molecule has 2 N–H and O–H groups in total. The molecule has 1 aliphatic carbocycles. The number of H-pyrrole nitrogens is 1. The van der Waals surface area contributed by atoms with Crippen LogP contribution >= 0.6 is 0 Å². The number of aryl methyl sites for hydroxylation is 1. The predicted molar refractivity (Wildman–Crippen MR) is 122 cm³/mol. The lowest BCUT2D eigenvalue weighted by Crippen LogP contribution is -2.33. The van der Waals surface area contributed by atoms with E-state index in [1.807, 2.05) is 6.92 Å². The molecule has 4 rings (SSSR count). The normalized spacial score (nSPS) is 13.4. The van der Waals surface area contributed by atoms with Crippen LogP contribution in [-0.2, 0) is 21.2 Å². The van der Waals surface area contributed by atoms with Gasteiger partial charge in [-0.2, -0.15) is 5.10 Å². The van der Waals surface area contributed by atoms with E-state index in [-0.39, 0.29) is 40.4 Å². The van der Waals surface area contributed by atoms with Gasteiger partial charge in [-0.3, -0.25) is 14.7 Å². The lowest BCUT2D eigenvalue weighted by Gasteiger charge is -2.19. The Kier molecular flexibility index (Phi) is 5.68. The van der Waals surface area contributed by atoms with Crippen molar-refractivity contribution >= 4 is 27.7 Å². The van der Waals surface area contributed by atoms with Crippen LogP contribution in [0.1, 0.15) is 64.0 Å². The maximum atomic E-state index is 13.5. The Balaban J connectivity index is 1.75. The van der Waals surface area contributed by atoms with Crippen molar-refractivity contribution < 1.29 is 27.5 Å². The third kappa shape index (κ3) is 4.14. The maximum Gasteiger partial charge on any atom is 0.407 e. The second kappa shape index (κ2) is 8.24. The predicted octanol–water partition coefficient (Wildman–Crippen LogP) is 2.60. The maximum absolute atomic E-state index is 13.5. The van der Waals surface area contributed by atoms with E-state index in [1.165, 1.54) is 24.5 Å². The van der Waals surface area contributed by atoms with E-state index < -0.39 is 33.3 Å². The Morgan fingerprint density at radius 3 is 2.47 bits per heavy atom. The molecule has 2 aromatic heterocycles. The summed E-state index contributed by atoms with van der Waals surface area (Å²) in [5.41, 5.74) is 0.236. The van der Waals surface area contributed by atoms with Gasteiger partial charge in [-0.25, -0.2) is 17.2 Å². The number of nitrogens with zero attached hydrogens (tertiary/aromatic N) is 2. The van der Waals surface area contributed by atoms with E-state index >= 15 is 0 Å². The number of carbonyl (C=O) groups is 3. The molecule has 0 radical (unpaired) electrons. The molecule has 2 heterocycles. The molecule has 1 aromatic carbocycles. The first-order valence-electron chi connectivity index (χ1n) is 10.6. The molecule has 1 aliphatic rings. The topological polar surface area (TPSA) is 140 Å². The lowest BCUT2D eigenvalue weighted by atomic mass is 9.90. The number of fused-ring (bicyclic) bond motifs is 2. The van der Waals surface area contributed by atoms with E-state index in [4.69, 9.17) is 4.74 Å². The van der Waals surface area contributed by atoms with Crippen molar-refractivity contribution in [3.63, 3.8) is 0 Å². The Labute approximate surface area is 196 Å². The Morgan fingerprint density at radius 1 is 1.15 bits per heavy atom. The summed E-state index contributed by atoms with van der Waals surface area (Å²) in [5, 5.41) is 8.88. The third-order valence-electron chi connectivity index (χ3n) is 5.24. The fraction of sp³-hybridized carbons (Fsp3) is 0.304. The third-order valence-corrected chi connectivity index (χ3v) is 6.92. The SMILES string of the molecule is Cc1ccc(S(=O)(=O)n2cc(CCNC(=O)OC(C)(C)C)c3c2C(=O)c2cn[nH]c2C3=O)cc1. The fourth-order valence-electron chi connectivity index (χ4n) is 3.70. The van der Waals surface area contributed by atoms with Gasteiger partial charge in [0, 0.05) is 12.7 Å². The molecular formula is C23H24N4O6S. The quantitative estimate of drug-likeness (QED) is 0.444. The minimum absolute atomic E-state index is 0.00401. The molecule has 0 unspecified atom stereocenters. The first-order valence-corrected chi connectivity index (χ1v) is 12.0. The summed E-state index contributed by atoms with van der Waals surface area (Å²) in [6.45, 7) is 7.07. The Hall–Kier alpha value is -3.73. The van der Waals surface area contributed by atoms with E-state index in [0.717, 1.165) is 9.54 Å². The van der Waals surface area contributed by atoms with Crippen LogP contribution in [0.3, 0.4) is 0 Å². The molecule has 0 atom stereocenters. The van der Waals surface area contributed by atoms with Gasteiger partial charge in [-0.1, -0.05) is 17.7 Å². The molecule has 11 heteroatoms. The van der Waals surface area contributed by atoms with Crippen molar-refractivity contribution in [2.75, 3.05) is 6.54 Å². The van der Waals surface area contributed by atoms with Crippen molar-refractivity contribution in [3.8, 4) is 0 Å². The molecule has 0 bridgehead atoms. The van der Waals surface area contributed by atoms with Crippen LogP contribution < -0.4 is 5.32 Å². The highest BCUT2D eigenvalue weighted by Crippen LogP contribution is 2.32. The first-order chi connectivity index (χ1) is 15.9. The van der Waals surface area contributed by atoms with Crippen molar-refractivity contribution in [1.82, 2.24) is 19.5 Å². The molecule has 178 valence electrons. The van der Waals surface area contributed by atoms with Crippen molar-refractivity contribution in [3.05, 3.63) is 70.3 Å². The number of nitrogens with one attached hydrogen (secondary N) is 2. The summed E-state index contributed by atoms with van der Waals surface area (Å²) in [7, 11) is -4.18. The van der Waals surface area contributed by atoms with Crippen LogP contribution in [0, 0.1) is 6.92 Å². The summed E-state index contributed by atoms with van der Waals surface area (Å²) in [6.07, 6.45) is 1.93. The van der Waals surface area contributed by atoms with Gasteiger partial charge >= 0.3 is 6.09 Å². The molecule has 0 fully saturated rings. The monoisotopic (exact) mass is 484 g/mol. The number of rotatable bonds is 5. The number of ketones is 2. The number of aromatic amines is 1. The van der Waals surface area contributed by atoms with Gasteiger partial charge in [-0.15, -0.1) is 0 Å². The van der Waals surface area contributed by atoms with Crippen molar-refractivity contribution in [1.29, 1.82) is 0 Å². The molecule has 34 heavy (non-hydrogen) atoms. The molecule has 10 nitrogen and oxygen atoms in total. The Morgan fingerprint density at radius 2 is 1.82 bits per heavy atom. The number of ether oxygens (including phenoxy) is 1. The average molecular weight is 485 g/mol. The zero-order valence-electron chi connectivity index (χ0n) is 19.1. The van der Waals surface area contributed by atoms with Crippen LogP contribution in [0.4, 0.5) is 4.79 Å². The number of hydrogen-bond donors (Lipinski definition) is 2. The first kappa shape index (κ1) is 23.4. The summed E-state index contributed by atoms with van der Waals surface area (Å²) in [6, 6.07) is 6.18. The van der Waals surface area contributed by atoms with Crippen LogP contribution in [0.2, 0.25) is 0 Å². The van der Waals surface area contributed by atoms with E-state index in [1.54, 1.807) is 32.9 Å². The number of carbonyl (C=O) groups excluding carboxylic acids is 3. The van der Waals surface area contributed by atoms with E-state index in [2.05, 4.69) is 15.5 Å². The minimum atomic E-state index is -4.18. The zero-order valence-corrected chi connectivity index (χ0v) is 19.9. The highest BCUT2D eigenvalue weighted by molar-refractivity contribution is 7.90. The van der Waals surface area contributed by atoms with Gasteiger partial charge in [0.05, 0.1) is 22.2 Å². The number of benzene rings is 1. The van der Waals surface area contributed by atoms with Crippen LogP contribution in [0.5, 0.6) is 0 Å². The number of aromatic nitrogens is 3. The highest BCUT2D eigenvalue weighted by Gasteiger charge is 2.39. The number of alkyl carbamates (subject to hydrolysis) is 1. The number of hydrogen-bond acceptors (Lipinski definition) is 7. The zero-order chi connectivity index (χ0) is 24.8. The van der Waals surface area contributed by atoms with E-state index in [9.17, 15) is 22.8 Å². The average Bonchev–Trinajstić information content (AvgIpc) is 3.37. The van der Waals surface area contributed by atoms with Crippen molar-refractivity contribution in [2.24, 2.45) is 0 Å². The van der Waals surface area contributed by atoms with Gasteiger partial charge in [0.2, 0.25) is 11.6 Å². The Bertz CT molecular complexity index is 1410.